The number of hydrogen-bond donors (Lipinski definition) is 1. The maximum absolute atomic E-state index is 12.2. The number of benzene rings is 2. The minimum absolute atomic E-state index is 0.0532. The van der Waals surface area contributed by atoms with Crippen molar-refractivity contribution in [2.75, 3.05) is 18.5 Å². The number of nitrogens with one attached hydrogen (secondary N) is 1. The minimum Gasteiger partial charge on any atom is -0.452 e. The summed E-state index contributed by atoms with van der Waals surface area (Å²) in [7, 11) is 0. The van der Waals surface area contributed by atoms with Gasteiger partial charge >= 0.3 is 5.97 Å². The highest BCUT2D eigenvalue weighted by Crippen LogP contribution is 2.26. The number of hydrogen-bond acceptors (Lipinski definition) is 7. The Morgan fingerprint density at radius 3 is 2.59 bits per heavy atom. The molecule has 2 aromatic rings. The van der Waals surface area contributed by atoms with E-state index in [9.17, 15) is 24.5 Å². The molecule has 0 atom stereocenters. The maximum Gasteiger partial charge on any atom is 0.338 e. The van der Waals surface area contributed by atoms with Crippen LogP contribution in [0.25, 0.3) is 0 Å². The van der Waals surface area contributed by atoms with Crippen LogP contribution in [-0.4, -0.2) is 40.8 Å². The molecule has 150 valence electrons. The molecule has 3 rings (SSSR count). The van der Waals surface area contributed by atoms with Crippen molar-refractivity contribution in [2.24, 2.45) is 0 Å². The Bertz CT molecular complexity index is 944. The average molecular weight is 397 g/mol. The lowest BCUT2D eigenvalue weighted by atomic mass is 10.1. The molecular formula is C20H19N3O6. The van der Waals surface area contributed by atoms with E-state index in [1.807, 2.05) is 30.3 Å². The van der Waals surface area contributed by atoms with Gasteiger partial charge in [0, 0.05) is 25.6 Å². The number of likely N-dealkylation sites (tertiary alicyclic amines) is 1. The Balaban J connectivity index is 1.65. The first-order valence-electron chi connectivity index (χ1n) is 9.02. The van der Waals surface area contributed by atoms with Crippen molar-refractivity contribution in [3.63, 3.8) is 0 Å². The number of imide groups is 1. The Labute approximate surface area is 166 Å². The first-order chi connectivity index (χ1) is 14.0. The molecule has 0 bridgehead atoms. The van der Waals surface area contributed by atoms with E-state index < -0.39 is 23.4 Å². The highest BCUT2D eigenvalue weighted by atomic mass is 16.6. The smallest absolute Gasteiger partial charge is 0.338 e. The number of carbonyl (C=O) groups is 3. The molecule has 1 heterocycles. The van der Waals surface area contributed by atoms with E-state index in [1.165, 1.54) is 12.1 Å². The minimum atomic E-state index is -0.872. The molecule has 2 aromatic carbocycles. The van der Waals surface area contributed by atoms with Crippen molar-refractivity contribution < 1.29 is 24.0 Å². The number of nitrogens with zero attached hydrogens (tertiary/aromatic N) is 2. The second-order valence-corrected chi connectivity index (χ2v) is 6.45. The molecule has 1 aliphatic heterocycles. The van der Waals surface area contributed by atoms with Gasteiger partial charge in [-0.25, -0.2) is 4.79 Å². The standard InChI is InChI=1S/C20H19N3O6/c24-18-7-4-10-22(18)19(25)13-29-20(26)15-8-9-16(17(11-15)23(27)28)21-12-14-5-2-1-3-6-14/h1-3,5-6,8-9,11,21H,4,7,10,12-13H2. The third-order valence-electron chi connectivity index (χ3n) is 4.46. The zero-order valence-electron chi connectivity index (χ0n) is 15.5. The van der Waals surface area contributed by atoms with Crippen LogP contribution >= 0.6 is 0 Å². The van der Waals surface area contributed by atoms with Crippen LogP contribution in [0.2, 0.25) is 0 Å². The van der Waals surface area contributed by atoms with Crippen LogP contribution in [0.15, 0.2) is 48.5 Å². The van der Waals surface area contributed by atoms with Gasteiger partial charge in [-0.05, 0) is 24.1 Å². The van der Waals surface area contributed by atoms with Crippen molar-refractivity contribution in [2.45, 2.75) is 19.4 Å². The normalized spacial score (nSPS) is 13.2. The zero-order valence-corrected chi connectivity index (χ0v) is 15.5. The molecule has 9 heteroatoms. The average Bonchev–Trinajstić information content (AvgIpc) is 3.16. The van der Waals surface area contributed by atoms with Gasteiger partial charge in [0.1, 0.15) is 5.69 Å². The molecule has 1 N–H and O–H groups in total. The molecule has 29 heavy (non-hydrogen) atoms. The first kappa shape index (κ1) is 20.0. The molecule has 1 aliphatic rings. The lowest BCUT2D eigenvalue weighted by molar-refractivity contribution is -0.384. The summed E-state index contributed by atoms with van der Waals surface area (Å²) in [5, 5.41) is 14.4. The highest BCUT2D eigenvalue weighted by Gasteiger charge is 2.27. The number of carbonyl (C=O) groups excluding carboxylic acids is 3. The van der Waals surface area contributed by atoms with Gasteiger partial charge in [-0.2, -0.15) is 0 Å². The van der Waals surface area contributed by atoms with Crippen molar-refractivity contribution in [3.05, 3.63) is 69.8 Å². The molecule has 0 aromatic heterocycles. The largest absolute Gasteiger partial charge is 0.452 e. The van der Waals surface area contributed by atoms with E-state index in [0.717, 1.165) is 16.5 Å². The van der Waals surface area contributed by atoms with Crippen LogP contribution in [-0.2, 0) is 20.9 Å². The van der Waals surface area contributed by atoms with Crippen LogP contribution in [0.3, 0.4) is 0 Å². The lowest BCUT2D eigenvalue weighted by Gasteiger charge is -2.13. The zero-order chi connectivity index (χ0) is 20.8. The molecule has 1 saturated heterocycles. The Hall–Kier alpha value is -3.75. The Morgan fingerprint density at radius 1 is 1.17 bits per heavy atom. The predicted octanol–water partition coefficient (Wildman–Crippen LogP) is 2.51. The summed E-state index contributed by atoms with van der Waals surface area (Å²) in [6, 6.07) is 13.3. The molecule has 0 radical (unpaired) electrons. The number of ether oxygens (including phenoxy) is 1. The topological polar surface area (TPSA) is 119 Å². The molecule has 0 aliphatic carbocycles. The number of nitro groups is 1. The summed E-state index contributed by atoms with van der Waals surface area (Å²) in [6.07, 6.45) is 0.880. The van der Waals surface area contributed by atoms with Crippen molar-refractivity contribution >= 4 is 29.2 Å². The maximum atomic E-state index is 12.2. The van der Waals surface area contributed by atoms with Gasteiger partial charge in [0.15, 0.2) is 6.61 Å². The van der Waals surface area contributed by atoms with Crippen LogP contribution < -0.4 is 5.32 Å². The number of rotatable bonds is 7. The summed E-state index contributed by atoms with van der Waals surface area (Å²) < 4.78 is 4.93. The number of nitro benzene ring substituents is 1. The van der Waals surface area contributed by atoms with Gasteiger partial charge in [0.25, 0.3) is 11.6 Å². The van der Waals surface area contributed by atoms with Crippen LogP contribution in [0.1, 0.15) is 28.8 Å². The lowest BCUT2D eigenvalue weighted by Crippen LogP contribution is -2.35. The SMILES string of the molecule is O=C(OCC(=O)N1CCCC1=O)c1ccc(NCc2ccccc2)c([N+](=O)[O-])c1. The van der Waals surface area contributed by atoms with Crippen molar-refractivity contribution in [1.29, 1.82) is 0 Å². The molecule has 0 saturated carbocycles. The predicted molar refractivity (Wildman–Crippen MR) is 103 cm³/mol. The number of esters is 1. The molecule has 0 spiro atoms. The van der Waals surface area contributed by atoms with Gasteiger partial charge in [-0.15, -0.1) is 0 Å². The van der Waals surface area contributed by atoms with E-state index in [0.29, 0.717) is 25.9 Å². The summed E-state index contributed by atoms with van der Waals surface area (Å²) in [6.45, 7) is 0.0959. The summed E-state index contributed by atoms with van der Waals surface area (Å²) in [5.74, 6) is -1.77. The van der Waals surface area contributed by atoms with Crippen molar-refractivity contribution in [1.82, 2.24) is 4.90 Å². The summed E-state index contributed by atoms with van der Waals surface area (Å²) in [5.41, 5.74) is 0.869. The van der Waals surface area contributed by atoms with Gasteiger partial charge in [0.05, 0.1) is 10.5 Å². The van der Waals surface area contributed by atoms with E-state index in [-0.39, 0.29) is 22.8 Å². The highest BCUT2D eigenvalue weighted by molar-refractivity contribution is 5.99. The summed E-state index contributed by atoms with van der Waals surface area (Å²) >= 11 is 0. The van der Waals surface area contributed by atoms with Crippen LogP contribution in [0.4, 0.5) is 11.4 Å². The van der Waals surface area contributed by atoms with Crippen LogP contribution in [0.5, 0.6) is 0 Å². The number of anilines is 1. The second-order valence-electron chi connectivity index (χ2n) is 6.45. The van der Waals surface area contributed by atoms with E-state index >= 15 is 0 Å². The molecule has 2 amide bonds. The van der Waals surface area contributed by atoms with Gasteiger partial charge in [0.2, 0.25) is 5.91 Å². The number of amides is 2. The Morgan fingerprint density at radius 2 is 1.93 bits per heavy atom. The van der Waals surface area contributed by atoms with Gasteiger partial charge in [-0.1, -0.05) is 30.3 Å². The quantitative estimate of drug-likeness (QED) is 0.433. The van der Waals surface area contributed by atoms with Crippen LogP contribution in [0, 0.1) is 10.1 Å². The van der Waals surface area contributed by atoms with Gasteiger partial charge < -0.3 is 10.1 Å². The fraction of sp³-hybridized carbons (Fsp3) is 0.250. The van der Waals surface area contributed by atoms with E-state index in [1.54, 1.807) is 0 Å². The monoisotopic (exact) mass is 397 g/mol. The Kier molecular flexibility index (Phi) is 6.18. The summed E-state index contributed by atoms with van der Waals surface area (Å²) in [4.78, 5) is 47.5. The third-order valence-corrected chi connectivity index (χ3v) is 4.46. The molecule has 9 nitrogen and oxygen atoms in total. The van der Waals surface area contributed by atoms with E-state index in [4.69, 9.17) is 4.74 Å². The molecule has 0 unspecified atom stereocenters. The fourth-order valence-corrected chi connectivity index (χ4v) is 2.95. The fourth-order valence-electron chi connectivity index (χ4n) is 2.95. The second kappa shape index (κ2) is 8.96. The molecule has 1 fully saturated rings. The third kappa shape index (κ3) is 4.95. The molecular weight excluding hydrogens is 378 g/mol. The first-order valence-corrected chi connectivity index (χ1v) is 9.02. The van der Waals surface area contributed by atoms with Gasteiger partial charge in [-0.3, -0.25) is 24.6 Å². The van der Waals surface area contributed by atoms with E-state index in [2.05, 4.69) is 5.32 Å². The van der Waals surface area contributed by atoms with Crippen molar-refractivity contribution in [3.8, 4) is 0 Å².